The highest BCUT2D eigenvalue weighted by Crippen LogP contribution is 2.48. The lowest BCUT2D eigenvalue weighted by molar-refractivity contribution is -0.135. The largest absolute Gasteiger partial charge is 0.342 e. The second-order valence-electron chi connectivity index (χ2n) is 6.55. The van der Waals surface area contributed by atoms with Crippen LogP contribution in [0.15, 0.2) is 30.3 Å². The summed E-state index contributed by atoms with van der Waals surface area (Å²) in [7, 11) is 0. The molecule has 0 N–H and O–H groups in total. The molecule has 3 rings (SSSR count). The van der Waals surface area contributed by atoms with Crippen molar-refractivity contribution >= 4 is 5.91 Å². The molecular formula is C17H23NO. The van der Waals surface area contributed by atoms with Gasteiger partial charge in [-0.2, -0.15) is 0 Å². The summed E-state index contributed by atoms with van der Waals surface area (Å²) in [4.78, 5) is 14.7. The van der Waals surface area contributed by atoms with Gasteiger partial charge < -0.3 is 4.90 Å². The van der Waals surface area contributed by atoms with E-state index in [1.807, 2.05) is 6.07 Å². The zero-order valence-corrected chi connectivity index (χ0v) is 11.9. The maximum atomic E-state index is 12.6. The summed E-state index contributed by atoms with van der Waals surface area (Å²) in [5.41, 5.74) is 1.33. The Labute approximate surface area is 115 Å². The molecule has 102 valence electrons. The van der Waals surface area contributed by atoms with Crippen molar-refractivity contribution in [3.05, 3.63) is 35.9 Å². The maximum absolute atomic E-state index is 12.6. The SMILES string of the molecule is C[C@H]1C[C@H](C)CN(C(=O)[C@@H]2C[C@@H]2c2ccccc2)C1. The molecular weight excluding hydrogens is 234 g/mol. The van der Waals surface area contributed by atoms with E-state index in [0.29, 0.717) is 23.7 Å². The predicted octanol–water partition coefficient (Wildman–Crippen LogP) is 3.29. The molecule has 1 aliphatic heterocycles. The smallest absolute Gasteiger partial charge is 0.226 e. The van der Waals surface area contributed by atoms with Crippen LogP contribution in [0, 0.1) is 17.8 Å². The van der Waals surface area contributed by atoms with E-state index in [1.165, 1.54) is 12.0 Å². The zero-order valence-electron chi connectivity index (χ0n) is 11.9. The van der Waals surface area contributed by atoms with E-state index < -0.39 is 0 Å². The van der Waals surface area contributed by atoms with Gasteiger partial charge in [-0.25, -0.2) is 0 Å². The predicted molar refractivity (Wildman–Crippen MR) is 76.8 cm³/mol. The fourth-order valence-corrected chi connectivity index (χ4v) is 3.61. The molecule has 2 nitrogen and oxygen atoms in total. The molecule has 2 heteroatoms. The number of carbonyl (C=O) groups is 1. The van der Waals surface area contributed by atoms with Gasteiger partial charge in [-0.15, -0.1) is 0 Å². The minimum Gasteiger partial charge on any atom is -0.342 e. The van der Waals surface area contributed by atoms with Crippen LogP contribution in [0.2, 0.25) is 0 Å². The van der Waals surface area contributed by atoms with Gasteiger partial charge in [-0.3, -0.25) is 4.79 Å². The van der Waals surface area contributed by atoms with Crippen molar-refractivity contribution in [1.29, 1.82) is 0 Å². The van der Waals surface area contributed by atoms with Crippen molar-refractivity contribution in [3.63, 3.8) is 0 Å². The first kappa shape index (κ1) is 12.7. The Morgan fingerprint density at radius 2 is 1.68 bits per heavy atom. The zero-order chi connectivity index (χ0) is 13.4. The molecule has 1 saturated heterocycles. The third-order valence-corrected chi connectivity index (χ3v) is 4.52. The van der Waals surface area contributed by atoms with Gasteiger partial charge in [0, 0.05) is 19.0 Å². The van der Waals surface area contributed by atoms with Crippen molar-refractivity contribution in [2.75, 3.05) is 13.1 Å². The van der Waals surface area contributed by atoms with Crippen LogP contribution in [-0.4, -0.2) is 23.9 Å². The first-order chi connectivity index (χ1) is 9.15. The van der Waals surface area contributed by atoms with Crippen molar-refractivity contribution in [2.24, 2.45) is 17.8 Å². The highest BCUT2D eigenvalue weighted by molar-refractivity contribution is 5.83. The molecule has 2 fully saturated rings. The monoisotopic (exact) mass is 257 g/mol. The van der Waals surface area contributed by atoms with Crippen LogP contribution in [0.4, 0.5) is 0 Å². The third-order valence-electron chi connectivity index (χ3n) is 4.52. The van der Waals surface area contributed by atoms with Crippen molar-refractivity contribution in [3.8, 4) is 0 Å². The first-order valence-corrected chi connectivity index (χ1v) is 7.49. The van der Waals surface area contributed by atoms with E-state index in [0.717, 1.165) is 19.5 Å². The molecule has 1 heterocycles. The number of rotatable bonds is 2. The van der Waals surface area contributed by atoms with Gasteiger partial charge in [0.05, 0.1) is 0 Å². The van der Waals surface area contributed by atoms with Crippen molar-refractivity contribution in [2.45, 2.75) is 32.6 Å². The first-order valence-electron chi connectivity index (χ1n) is 7.49. The van der Waals surface area contributed by atoms with Crippen LogP contribution in [-0.2, 0) is 4.79 Å². The van der Waals surface area contributed by atoms with Gasteiger partial charge in [-0.05, 0) is 36.2 Å². The Morgan fingerprint density at radius 3 is 2.32 bits per heavy atom. The molecule has 0 aromatic heterocycles. The van der Waals surface area contributed by atoms with E-state index in [1.54, 1.807) is 0 Å². The molecule has 2 aliphatic rings. The van der Waals surface area contributed by atoms with E-state index in [9.17, 15) is 4.79 Å². The Morgan fingerprint density at radius 1 is 1.05 bits per heavy atom. The summed E-state index contributed by atoms with van der Waals surface area (Å²) < 4.78 is 0. The summed E-state index contributed by atoms with van der Waals surface area (Å²) in [5, 5.41) is 0. The van der Waals surface area contributed by atoms with Crippen LogP contribution in [0.1, 0.15) is 38.2 Å². The Balaban J connectivity index is 1.63. The lowest BCUT2D eigenvalue weighted by Crippen LogP contribution is -2.43. The maximum Gasteiger partial charge on any atom is 0.226 e. The molecule has 1 aromatic carbocycles. The van der Waals surface area contributed by atoms with Crippen LogP contribution >= 0.6 is 0 Å². The molecule has 1 amide bonds. The molecule has 0 radical (unpaired) electrons. The van der Waals surface area contributed by atoms with Crippen LogP contribution < -0.4 is 0 Å². The average molecular weight is 257 g/mol. The van der Waals surface area contributed by atoms with Crippen LogP contribution in [0.3, 0.4) is 0 Å². The molecule has 19 heavy (non-hydrogen) atoms. The number of benzene rings is 1. The molecule has 1 aliphatic carbocycles. The van der Waals surface area contributed by atoms with Crippen LogP contribution in [0.5, 0.6) is 0 Å². The summed E-state index contributed by atoms with van der Waals surface area (Å²) in [5.74, 6) is 2.43. The molecule has 0 spiro atoms. The van der Waals surface area contributed by atoms with Gasteiger partial charge >= 0.3 is 0 Å². The molecule has 0 unspecified atom stereocenters. The van der Waals surface area contributed by atoms with E-state index in [-0.39, 0.29) is 5.92 Å². The summed E-state index contributed by atoms with van der Waals surface area (Å²) >= 11 is 0. The topological polar surface area (TPSA) is 20.3 Å². The second kappa shape index (κ2) is 4.99. The summed E-state index contributed by atoms with van der Waals surface area (Å²) in [6, 6.07) is 10.5. The lowest BCUT2D eigenvalue weighted by atomic mass is 9.91. The van der Waals surface area contributed by atoms with E-state index in [2.05, 4.69) is 43.0 Å². The quantitative estimate of drug-likeness (QED) is 0.796. The van der Waals surface area contributed by atoms with Crippen LogP contribution in [0.25, 0.3) is 0 Å². The minimum atomic E-state index is 0.250. The van der Waals surface area contributed by atoms with Gasteiger partial charge in [0.2, 0.25) is 5.91 Å². The van der Waals surface area contributed by atoms with Gasteiger partial charge in [0.15, 0.2) is 0 Å². The average Bonchev–Trinajstić information content (AvgIpc) is 3.18. The van der Waals surface area contributed by atoms with Gasteiger partial charge in [0.25, 0.3) is 0 Å². The molecule has 4 atom stereocenters. The lowest BCUT2D eigenvalue weighted by Gasteiger charge is -2.35. The third kappa shape index (κ3) is 2.68. The fraction of sp³-hybridized carbons (Fsp3) is 0.588. The normalized spacial score (nSPS) is 34.1. The Kier molecular flexibility index (Phi) is 3.34. The standard InChI is InChI=1S/C17H23NO/c1-12-8-13(2)11-18(10-12)17(19)16-9-15(16)14-6-4-3-5-7-14/h3-7,12-13,15-16H,8-11H2,1-2H3/t12-,13-,15+,16+/m0/s1. The van der Waals surface area contributed by atoms with Crippen molar-refractivity contribution < 1.29 is 4.79 Å². The molecule has 1 saturated carbocycles. The van der Waals surface area contributed by atoms with Gasteiger partial charge in [-0.1, -0.05) is 44.2 Å². The van der Waals surface area contributed by atoms with E-state index >= 15 is 0 Å². The number of hydrogen-bond donors (Lipinski definition) is 0. The molecule has 0 bridgehead atoms. The summed E-state index contributed by atoms with van der Waals surface area (Å²) in [6.07, 6.45) is 2.30. The fourth-order valence-electron chi connectivity index (χ4n) is 3.61. The number of nitrogens with zero attached hydrogens (tertiary/aromatic N) is 1. The van der Waals surface area contributed by atoms with Crippen molar-refractivity contribution in [1.82, 2.24) is 4.90 Å². The number of hydrogen-bond acceptors (Lipinski definition) is 1. The summed E-state index contributed by atoms with van der Waals surface area (Å²) in [6.45, 7) is 6.44. The number of likely N-dealkylation sites (tertiary alicyclic amines) is 1. The highest BCUT2D eigenvalue weighted by atomic mass is 16.2. The highest BCUT2D eigenvalue weighted by Gasteiger charge is 2.46. The Bertz CT molecular complexity index is 446. The number of piperidine rings is 1. The molecule has 1 aromatic rings. The van der Waals surface area contributed by atoms with E-state index in [4.69, 9.17) is 0 Å². The number of carbonyl (C=O) groups excluding carboxylic acids is 1. The second-order valence-corrected chi connectivity index (χ2v) is 6.55. The minimum absolute atomic E-state index is 0.250. The van der Waals surface area contributed by atoms with Gasteiger partial charge in [0.1, 0.15) is 0 Å². The number of amides is 1. The Hall–Kier alpha value is -1.31.